The van der Waals surface area contributed by atoms with Gasteiger partial charge in [-0.05, 0) is 30.6 Å². The van der Waals surface area contributed by atoms with Gasteiger partial charge >= 0.3 is 0 Å². The third-order valence-electron chi connectivity index (χ3n) is 3.08. The van der Waals surface area contributed by atoms with E-state index in [4.69, 9.17) is 16.3 Å². The van der Waals surface area contributed by atoms with Crippen molar-refractivity contribution in [2.45, 2.75) is 19.4 Å². The van der Waals surface area contributed by atoms with Crippen LogP contribution in [0.1, 0.15) is 12.2 Å². The van der Waals surface area contributed by atoms with Crippen LogP contribution in [0.5, 0.6) is 5.75 Å². The molecule has 0 spiro atoms. The molecule has 2 rings (SSSR count). The molecule has 19 heavy (non-hydrogen) atoms. The summed E-state index contributed by atoms with van der Waals surface area (Å²) in [5.74, 6) is 3.70. The monoisotopic (exact) mass is 298 g/mol. The average Bonchev–Trinajstić information content (AvgIpc) is 2.77. The summed E-state index contributed by atoms with van der Waals surface area (Å²) < 4.78 is 7.58. The molecule has 0 bridgehead atoms. The van der Waals surface area contributed by atoms with Crippen LogP contribution in [0.25, 0.3) is 11.0 Å². The fourth-order valence-corrected chi connectivity index (χ4v) is 2.76. The van der Waals surface area contributed by atoms with Gasteiger partial charge in [0.25, 0.3) is 0 Å². The van der Waals surface area contributed by atoms with E-state index in [1.165, 1.54) is 0 Å². The maximum atomic E-state index is 5.87. The number of halogens is 1. The molecule has 1 heterocycles. The maximum Gasteiger partial charge on any atom is 0.121 e. The van der Waals surface area contributed by atoms with Crippen molar-refractivity contribution in [3.8, 4) is 5.75 Å². The molecular formula is C14H19ClN2OS. The van der Waals surface area contributed by atoms with E-state index >= 15 is 0 Å². The van der Waals surface area contributed by atoms with Crippen LogP contribution in [0, 0.1) is 0 Å². The van der Waals surface area contributed by atoms with Gasteiger partial charge in [0.2, 0.25) is 0 Å². The Bertz CT molecular complexity index is 541. The smallest absolute Gasteiger partial charge is 0.121 e. The Morgan fingerprint density at radius 2 is 2.26 bits per heavy atom. The van der Waals surface area contributed by atoms with Gasteiger partial charge in [-0.1, -0.05) is 0 Å². The summed E-state index contributed by atoms with van der Waals surface area (Å²) >= 11 is 7.74. The first-order valence-corrected chi connectivity index (χ1v) is 8.31. The second-order valence-corrected chi connectivity index (χ2v) is 5.68. The van der Waals surface area contributed by atoms with Crippen LogP contribution in [-0.2, 0) is 13.0 Å². The van der Waals surface area contributed by atoms with Crippen molar-refractivity contribution in [3.63, 3.8) is 0 Å². The van der Waals surface area contributed by atoms with E-state index in [0.717, 1.165) is 47.7 Å². The molecule has 1 aromatic heterocycles. The van der Waals surface area contributed by atoms with Gasteiger partial charge in [-0.3, -0.25) is 0 Å². The summed E-state index contributed by atoms with van der Waals surface area (Å²) in [6.45, 7) is 0.983. The van der Waals surface area contributed by atoms with Gasteiger partial charge < -0.3 is 9.30 Å². The van der Waals surface area contributed by atoms with Crippen molar-refractivity contribution in [3.05, 3.63) is 24.0 Å². The summed E-state index contributed by atoms with van der Waals surface area (Å²) in [5.41, 5.74) is 2.16. The number of ether oxygens (including phenoxy) is 1. The first kappa shape index (κ1) is 14.5. The second-order valence-electron chi connectivity index (χ2n) is 4.32. The van der Waals surface area contributed by atoms with E-state index in [-0.39, 0.29) is 0 Å². The number of hydrogen-bond donors (Lipinski definition) is 0. The van der Waals surface area contributed by atoms with Crippen molar-refractivity contribution in [2.24, 2.45) is 0 Å². The van der Waals surface area contributed by atoms with Gasteiger partial charge in [-0.25, -0.2) is 4.98 Å². The quantitative estimate of drug-likeness (QED) is 0.577. The first-order valence-electron chi connectivity index (χ1n) is 6.38. The number of methoxy groups -OCH3 is 1. The van der Waals surface area contributed by atoms with Gasteiger partial charge in [-0.15, -0.1) is 11.6 Å². The van der Waals surface area contributed by atoms with Crippen molar-refractivity contribution in [2.75, 3.05) is 25.0 Å². The zero-order chi connectivity index (χ0) is 13.7. The lowest BCUT2D eigenvalue weighted by Crippen LogP contribution is -2.05. The Hall–Kier alpha value is -0.870. The Labute approximate surface area is 123 Å². The highest BCUT2D eigenvalue weighted by Crippen LogP contribution is 2.23. The summed E-state index contributed by atoms with van der Waals surface area (Å²) in [6.07, 6.45) is 4.08. The van der Waals surface area contributed by atoms with Crippen molar-refractivity contribution in [1.82, 2.24) is 9.55 Å². The van der Waals surface area contributed by atoms with E-state index in [0.29, 0.717) is 5.88 Å². The number of imidazole rings is 1. The Morgan fingerprint density at radius 1 is 1.42 bits per heavy atom. The predicted octanol–water partition coefficient (Wildman–Crippen LogP) is 3.58. The number of alkyl halides is 1. The molecule has 104 valence electrons. The van der Waals surface area contributed by atoms with Gasteiger partial charge in [0.15, 0.2) is 0 Å². The SMILES string of the molecule is COc1ccc2nc(CCCl)n(CCCSC)c2c1. The standard InChI is InChI=1S/C14H19ClN2OS/c1-18-11-4-5-12-13(10-11)17(8-3-9-19-2)14(16-12)6-7-15/h4-5,10H,3,6-9H2,1-2H3. The van der Waals surface area contributed by atoms with Crippen LogP contribution in [0.4, 0.5) is 0 Å². The number of benzene rings is 1. The van der Waals surface area contributed by atoms with Crippen LogP contribution in [0.2, 0.25) is 0 Å². The topological polar surface area (TPSA) is 27.1 Å². The summed E-state index contributed by atoms with van der Waals surface area (Å²) in [5, 5.41) is 0. The molecule has 0 aliphatic heterocycles. The van der Waals surface area contributed by atoms with Crippen LogP contribution in [0.3, 0.4) is 0 Å². The van der Waals surface area contributed by atoms with Crippen LogP contribution in [0.15, 0.2) is 18.2 Å². The lowest BCUT2D eigenvalue weighted by Gasteiger charge is -2.08. The van der Waals surface area contributed by atoms with Crippen molar-refractivity contribution in [1.29, 1.82) is 0 Å². The van der Waals surface area contributed by atoms with E-state index < -0.39 is 0 Å². The summed E-state index contributed by atoms with van der Waals surface area (Å²) in [6, 6.07) is 6.02. The number of nitrogens with zero attached hydrogens (tertiary/aromatic N) is 2. The van der Waals surface area contributed by atoms with E-state index in [9.17, 15) is 0 Å². The van der Waals surface area contributed by atoms with Crippen LogP contribution >= 0.6 is 23.4 Å². The molecule has 0 N–H and O–H groups in total. The third kappa shape index (κ3) is 3.37. The fourth-order valence-electron chi connectivity index (χ4n) is 2.17. The van der Waals surface area contributed by atoms with Crippen molar-refractivity contribution < 1.29 is 4.74 Å². The Morgan fingerprint density at radius 3 is 2.95 bits per heavy atom. The molecule has 0 radical (unpaired) electrons. The highest BCUT2D eigenvalue weighted by molar-refractivity contribution is 7.98. The number of aryl methyl sites for hydroxylation is 2. The lowest BCUT2D eigenvalue weighted by atomic mass is 10.3. The number of thioether (sulfide) groups is 1. The Kier molecular flexibility index (Phi) is 5.40. The first-order chi connectivity index (χ1) is 9.30. The average molecular weight is 299 g/mol. The summed E-state index contributed by atoms with van der Waals surface area (Å²) in [7, 11) is 1.69. The highest BCUT2D eigenvalue weighted by Gasteiger charge is 2.10. The minimum atomic E-state index is 0.600. The molecule has 0 saturated carbocycles. The minimum absolute atomic E-state index is 0.600. The second kappa shape index (κ2) is 7.06. The van der Waals surface area contributed by atoms with E-state index in [2.05, 4.69) is 21.9 Å². The minimum Gasteiger partial charge on any atom is -0.497 e. The molecule has 0 aliphatic carbocycles. The molecule has 3 nitrogen and oxygen atoms in total. The fraction of sp³-hybridized carbons (Fsp3) is 0.500. The summed E-state index contributed by atoms with van der Waals surface area (Å²) in [4.78, 5) is 4.67. The molecule has 0 saturated heterocycles. The third-order valence-corrected chi connectivity index (χ3v) is 3.97. The van der Waals surface area contributed by atoms with Crippen LogP contribution in [-0.4, -0.2) is 34.5 Å². The zero-order valence-electron chi connectivity index (χ0n) is 11.4. The molecule has 0 fully saturated rings. The highest BCUT2D eigenvalue weighted by atomic mass is 35.5. The molecule has 2 aromatic rings. The van der Waals surface area contributed by atoms with E-state index in [1.54, 1.807) is 7.11 Å². The van der Waals surface area contributed by atoms with Gasteiger partial charge in [0.1, 0.15) is 11.6 Å². The molecule has 0 aliphatic rings. The largest absolute Gasteiger partial charge is 0.497 e. The number of rotatable bonds is 7. The van der Waals surface area contributed by atoms with Crippen molar-refractivity contribution >= 4 is 34.4 Å². The normalized spacial score (nSPS) is 11.1. The molecule has 0 amide bonds. The zero-order valence-corrected chi connectivity index (χ0v) is 12.9. The number of fused-ring (bicyclic) bond motifs is 1. The Balaban J connectivity index is 2.38. The van der Waals surface area contributed by atoms with Gasteiger partial charge in [0, 0.05) is 24.9 Å². The van der Waals surface area contributed by atoms with Crippen LogP contribution < -0.4 is 4.74 Å². The maximum absolute atomic E-state index is 5.87. The molecular weight excluding hydrogens is 280 g/mol. The predicted molar refractivity (Wildman–Crippen MR) is 83.7 cm³/mol. The molecule has 5 heteroatoms. The number of hydrogen-bond acceptors (Lipinski definition) is 3. The van der Waals surface area contributed by atoms with Gasteiger partial charge in [0.05, 0.1) is 18.1 Å². The van der Waals surface area contributed by atoms with E-state index in [1.807, 2.05) is 23.9 Å². The number of aromatic nitrogens is 2. The molecule has 0 atom stereocenters. The lowest BCUT2D eigenvalue weighted by molar-refractivity contribution is 0.415. The molecule has 0 unspecified atom stereocenters. The molecule has 1 aromatic carbocycles. The van der Waals surface area contributed by atoms with Gasteiger partial charge in [-0.2, -0.15) is 11.8 Å².